The van der Waals surface area contributed by atoms with Crippen LogP contribution in [0.1, 0.15) is 28.9 Å². The molecule has 1 saturated heterocycles. The van der Waals surface area contributed by atoms with Gasteiger partial charge in [-0.1, -0.05) is 13.0 Å². The van der Waals surface area contributed by atoms with Crippen LogP contribution in [0.2, 0.25) is 0 Å². The summed E-state index contributed by atoms with van der Waals surface area (Å²) in [4.78, 5) is 21.7. The largest absolute Gasteiger partial charge is 0.497 e. The summed E-state index contributed by atoms with van der Waals surface area (Å²) in [6.45, 7) is 7.93. The molecule has 0 aliphatic carbocycles. The van der Waals surface area contributed by atoms with E-state index in [0.29, 0.717) is 12.1 Å². The molecule has 0 radical (unpaired) electrons. The Morgan fingerprint density at radius 2 is 1.93 bits per heavy atom. The lowest BCUT2D eigenvalue weighted by Crippen LogP contribution is -2.49. The highest BCUT2D eigenvalue weighted by atomic mass is 16.5. The molecule has 1 aromatic carbocycles. The number of benzene rings is 1. The molecule has 2 aromatic rings. The molecule has 0 unspecified atom stereocenters. The summed E-state index contributed by atoms with van der Waals surface area (Å²) in [5.41, 5.74) is 1.77. The fraction of sp³-hybridized carbons (Fsp3) is 0.429. The normalized spacial score (nSPS) is 16.7. The Bertz CT molecular complexity index is 713. The Balaban J connectivity index is 1.67. The van der Waals surface area contributed by atoms with Crippen molar-refractivity contribution < 1.29 is 9.53 Å². The number of pyridine rings is 1. The average molecular weight is 368 g/mol. The summed E-state index contributed by atoms with van der Waals surface area (Å²) in [5.74, 6) is 0.673. The maximum absolute atomic E-state index is 12.6. The maximum Gasteiger partial charge on any atom is 0.251 e. The Hall–Kier alpha value is -2.44. The monoisotopic (exact) mass is 368 g/mol. The summed E-state index contributed by atoms with van der Waals surface area (Å²) in [6, 6.07) is 11.3. The van der Waals surface area contributed by atoms with Gasteiger partial charge >= 0.3 is 0 Å². The third-order valence-electron chi connectivity index (χ3n) is 5.17. The molecule has 1 aliphatic rings. The van der Waals surface area contributed by atoms with Gasteiger partial charge in [0.05, 0.1) is 13.2 Å². The van der Waals surface area contributed by atoms with Crippen molar-refractivity contribution in [3.8, 4) is 5.75 Å². The van der Waals surface area contributed by atoms with Crippen molar-refractivity contribution in [3.05, 3.63) is 59.9 Å². The molecule has 0 spiro atoms. The van der Waals surface area contributed by atoms with Crippen LogP contribution in [0.25, 0.3) is 0 Å². The van der Waals surface area contributed by atoms with Crippen molar-refractivity contribution in [2.45, 2.75) is 13.0 Å². The van der Waals surface area contributed by atoms with Crippen LogP contribution in [0.15, 0.2) is 48.8 Å². The molecule has 144 valence electrons. The van der Waals surface area contributed by atoms with E-state index in [0.717, 1.165) is 44.0 Å². The van der Waals surface area contributed by atoms with Gasteiger partial charge in [0.1, 0.15) is 5.75 Å². The molecule has 1 aromatic heterocycles. The number of ether oxygens (including phenoxy) is 1. The van der Waals surface area contributed by atoms with E-state index in [1.165, 1.54) is 0 Å². The number of nitrogens with one attached hydrogen (secondary N) is 1. The second-order valence-electron chi connectivity index (χ2n) is 6.71. The lowest BCUT2D eigenvalue weighted by molar-refractivity contribution is 0.0855. The van der Waals surface area contributed by atoms with Gasteiger partial charge in [0.25, 0.3) is 5.91 Å². The van der Waals surface area contributed by atoms with Gasteiger partial charge in [-0.3, -0.25) is 14.7 Å². The van der Waals surface area contributed by atoms with Crippen LogP contribution >= 0.6 is 0 Å². The minimum Gasteiger partial charge on any atom is -0.497 e. The Morgan fingerprint density at radius 3 is 2.52 bits per heavy atom. The van der Waals surface area contributed by atoms with Gasteiger partial charge in [0.15, 0.2) is 0 Å². The number of amides is 1. The van der Waals surface area contributed by atoms with Crippen LogP contribution in [0.4, 0.5) is 0 Å². The van der Waals surface area contributed by atoms with Crippen LogP contribution in [-0.2, 0) is 0 Å². The van der Waals surface area contributed by atoms with Crippen molar-refractivity contribution in [2.75, 3.05) is 46.4 Å². The lowest BCUT2D eigenvalue weighted by atomic mass is 10.1. The number of hydrogen-bond donors (Lipinski definition) is 1. The fourth-order valence-corrected chi connectivity index (χ4v) is 3.46. The van der Waals surface area contributed by atoms with E-state index in [-0.39, 0.29) is 11.9 Å². The zero-order valence-corrected chi connectivity index (χ0v) is 16.1. The number of rotatable bonds is 7. The van der Waals surface area contributed by atoms with E-state index in [1.54, 1.807) is 37.6 Å². The second-order valence-corrected chi connectivity index (χ2v) is 6.71. The predicted molar refractivity (Wildman–Crippen MR) is 106 cm³/mol. The van der Waals surface area contributed by atoms with E-state index in [9.17, 15) is 4.79 Å². The minimum atomic E-state index is -0.0706. The zero-order valence-electron chi connectivity index (χ0n) is 16.1. The molecule has 3 rings (SSSR count). The summed E-state index contributed by atoms with van der Waals surface area (Å²) in [6.07, 6.45) is 3.68. The predicted octanol–water partition coefficient (Wildman–Crippen LogP) is 2.20. The second kappa shape index (κ2) is 9.48. The molecule has 27 heavy (non-hydrogen) atoms. The number of carbonyl (C=O) groups excluding carboxylic acids is 1. The highest BCUT2D eigenvalue weighted by molar-refractivity contribution is 5.94. The van der Waals surface area contributed by atoms with Crippen molar-refractivity contribution >= 4 is 5.91 Å². The summed E-state index contributed by atoms with van der Waals surface area (Å²) in [5, 5.41) is 3.09. The first-order valence-electron chi connectivity index (χ1n) is 9.50. The number of likely N-dealkylation sites (N-methyl/N-ethyl adjacent to an activating group) is 1. The number of hydrogen-bond acceptors (Lipinski definition) is 5. The van der Waals surface area contributed by atoms with Crippen molar-refractivity contribution in [2.24, 2.45) is 0 Å². The van der Waals surface area contributed by atoms with Crippen LogP contribution < -0.4 is 10.1 Å². The summed E-state index contributed by atoms with van der Waals surface area (Å²) >= 11 is 0. The van der Waals surface area contributed by atoms with Crippen LogP contribution in [-0.4, -0.2) is 67.1 Å². The van der Waals surface area contributed by atoms with Gasteiger partial charge < -0.3 is 15.0 Å². The first-order valence-corrected chi connectivity index (χ1v) is 9.50. The molecule has 1 atom stereocenters. The number of carbonyl (C=O) groups is 1. The van der Waals surface area contributed by atoms with Crippen molar-refractivity contribution in [1.82, 2.24) is 20.1 Å². The van der Waals surface area contributed by atoms with Gasteiger partial charge in [-0.2, -0.15) is 0 Å². The highest BCUT2D eigenvalue weighted by Gasteiger charge is 2.25. The standard InChI is InChI=1S/C21H28N4O2/c1-3-24-11-13-25(14-12-24)20(18-5-4-10-22-15-18)16-23-21(26)17-6-8-19(27-2)9-7-17/h4-10,15,20H,3,11-14,16H2,1-2H3,(H,23,26)/t20-/m1/s1. The minimum absolute atomic E-state index is 0.0706. The molecule has 2 heterocycles. The molecule has 1 N–H and O–H groups in total. The molecular formula is C21H28N4O2. The van der Waals surface area contributed by atoms with E-state index in [2.05, 4.69) is 33.1 Å². The molecule has 6 heteroatoms. The van der Waals surface area contributed by atoms with Crippen molar-refractivity contribution in [3.63, 3.8) is 0 Å². The highest BCUT2D eigenvalue weighted by Crippen LogP contribution is 2.21. The van der Waals surface area contributed by atoms with Gasteiger partial charge in [0.2, 0.25) is 0 Å². The van der Waals surface area contributed by atoms with Crippen molar-refractivity contribution in [1.29, 1.82) is 0 Å². The zero-order chi connectivity index (χ0) is 19.1. The quantitative estimate of drug-likeness (QED) is 0.812. The third-order valence-corrected chi connectivity index (χ3v) is 5.17. The van der Waals surface area contributed by atoms with E-state index in [4.69, 9.17) is 4.74 Å². The number of nitrogens with zero attached hydrogens (tertiary/aromatic N) is 3. The first kappa shape index (κ1) is 19.3. The first-order chi connectivity index (χ1) is 13.2. The summed E-state index contributed by atoms with van der Waals surface area (Å²) in [7, 11) is 1.62. The number of methoxy groups -OCH3 is 1. The van der Waals surface area contributed by atoms with E-state index < -0.39 is 0 Å². The topological polar surface area (TPSA) is 57.7 Å². The van der Waals surface area contributed by atoms with Gasteiger partial charge in [-0.25, -0.2) is 0 Å². The summed E-state index contributed by atoms with van der Waals surface area (Å²) < 4.78 is 5.15. The molecule has 6 nitrogen and oxygen atoms in total. The Kier molecular flexibility index (Phi) is 6.79. The van der Waals surface area contributed by atoms with Gasteiger partial charge in [-0.05, 0) is 42.4 Å². The Labute approximate surface area is 161 Å². The fourth-order valence-electron chi connectivity index (χ4n) is 3.46. The van der Waals surface area contributed by atoms with Crippen LogP contribution in [0, 0.1) is 0 Å². The third kappa shape index (κ3) is 5.05. The smallest absolute Gasteiger partial charge is 0.251 e. The van der Waals surface area contributed by atoms with E-state index >= 15 is 0 Å². The van der Waals surface area contributed by atoms with E-state index in [1.807, 2.05) is 12.3 Å². The molecular weight excluding hydrogens is 340 g/mol. The molecule has 1 fully saturated rings. The molecule has 0 saturated carbocycles. The number of aromatic nitrogens is 1. The van der Waals surface area contributed by atoms with Gasteiger partial charge in [0, 0.05) is 50.7 Å². The SMILES string of the molecule is CCN1CCN([C@H](CNC(=O)c2ccc(OC)cc2)c2cccnc2)CC1. The van der Waals surface area contributed by atoms with Gasteiger partial charge in [-0.15, -0.1) is 0 Å². The Morgan fingerprint density at radius 1 is 1.19 bits per heavy atom. The average Bonchev–Trinajstić information content (AvgIpc) is 2.75. The number of piperazine rings is 1. The van der Waals surface area contributed by atoms with Crippen LogP contribution in [0.5, 0.6) is 5.75 Å². The molecule has 0 bridgehead atoms. The molecule has 1 aliphatic heterocycles. The lowest BCUT2D eigenvalue weighted by Gasteiger charge is -2.39. The van der Waals surface area contributed by atoms with Crippen LogP contribution in [0.3, 0.4) is 0 Å². The molecule has 1 amide bonds. The maximum atomic E-state index is 12.6.